The Balaban J connectivity index is 0. The standard InChI is InChI=1S/C11H22O3.C8H16O3/c1-3-5-7-9-11(14,10(12)13)8-6-4-2;1-3-4-5-6-8(2,11)7(9)10/h14H,3-9H2,1-2H3,(H,12,13);11H,3-6H2,1-2H3,(H,9,10). The highest BCUT2D eigenvalue weighted by atomic mass is 16.4. The van der Waals surface area contributed by atoms with E-state index in [0.717, 1.165) is 51.4 Å². The Bertz CT molecular complexity index is 367. The quantitative estimate of drug-likeness (QED) is 0.368. The van der Waals surface area contributed by atoms with Crippen LogP contribution >= 0.6 is 0 Å². The summed E-state index contributed by atoms with van der Waals surface area (Å²) in [6.45, 7) is 7.43. The van der Waals surface area contributed by atoms with Crippen molar-refractivity contribution in [3.63, 3.8) is 0 Å². The van der Waals surface area contributed by atoms with Gasteiger partial charge in [0.1, 0.15) is 0 Å². The average molecular weight is 363 g/mol. The number of unbranched alkanes of at least 4 members (excludes halogenated alkanes) is 5. The molecule has 0 bridgehead atoms. The van der Waals surface area contributed by atoms with Crippen molar-refractivity contribution in [2.45, 2.75) is 110 Å². The number of hydrogen-bond donors (Lipinski definition) is 4. The molecule has 0 saturated carbocycles. The predicted octanol–water partition coefficient (Wildman–Crippen LogP) is 3.97. The molecule has 0 amide bonds. The number of carboxylic acids is 2. The molecule has 0 spiro atoms. The Kier molecular flexibility index (Phi) is 14.7. The molecule has 0 aromatic rings. The summed E-state index contributed by atoms with van der Waals surface area (Å²) in [6, 6.07) is 0. The molecule has 0 radical (unpaired) electrons. The smallest absolute Gasteiger partial charge is 0.335 e. The fourth-order valence-electron chi connectivity index (χ4n) is 2.30. The van der Waals surface area contributed by atoms with Crippen molar-refractivity contribution in [3.05, 3.63) is 0 Å². The molecule has 6 nitrogen and oxygen atoms in total. The fraction of sp³-hybridized carbons (Fsp3) is 0.895. The summed E-state index contributed by atoms with van der Waals surface area (Å²) < 4.78 is 0. The van der Waals surface area contributed by atoms with Gasteiger partial charge in [0.05, 0.1) is 0 Å². The van der Waals surface area contributed by atoms with E-state index in [1.807, 2.05) is 13.8 Å². The lowest BCUT2D eigenvalue weighted by Gasteiger charge is -2.22. The minimum atomic E-state index is -1.53. The van der Waals surface area contributed by atoms with Gasteiger partial charge in [-0.25, -0.2) is 9.59 Å². The third kappa shape index (κ3) is 12.8. The first kappa shape index (κ1) is 26.1. The van der Waals surface area contributed by atoms with Gasteiger partial charge in [-0.2, -0.15) is 0 Å². The van der Waals surface area contributed by atoms with E-state index in [1.165, 1.54) is 6.92 Å². The molecule has 0 aliphatic rings. The average Bonchev–Trinajstić information content (AvgIpc) is 2.53. The lowest BCUT2D eigenvalue weighted by Crippen LogP contribution is -2.38. The number of aliphatic hydroxyl groups is 2. The largest absolute Gasteiger partial charge is 0.479 e. The van der Waals surface area contributed by atoms with Crippen LogP contribution in [-0.4, -0.2) is 43.6 Å². The first-order valence-electron chi connectivity index (χ1n) is 9.48. The molecule has 0 aromatic heterocycles. The van der Waals surface area contributed by atoms with E-state index in [0.29, 0.717) is 19.3 Å². The predicted molar refractivity (Wildman–Crippen MR) is 98.7 cm³/mol. The summed E-state index contributed by atoms with van der Waals surface area (Å²) in [6.07, 6.45) is 8.41. The van der Waals surface area contributed by atoms with E-state index < -0.39 is 23.1 Å². The van der Waals surface area contributed by atoms with E-state index in [9.17, 15) is 19.8 Å². The molecule has 25 heavy (non-hydrogen) atoms. The molecule has 4 N–H and O–H groups in total. The topological polar surface area (TPSA) is 115 Å². The molecule has 6 heteroatoms. The summed E-state index contributed by atoms with van der Waals surface area (Å²) in [5, 5.41) is 36.5. The zero-order valence-corrected chi connectivity index (χ0v) is 16.4. The van der Waals surface area contributed by atoms with E-state index in [2.05, 4.69) is 6.92 Å². The molecule has 0 aliphatic carbocycles. The van der Waals surface area contributed by atoms with Gasteiger partial charge in [0, 0.05) is 0 Å². The maximum absolute atomic E-state index is 10.9. The highest BCUT2D eigenvalue weighted by Crippen LogP contribution is 2.22. The number of rotatable bonds is 13. The molecular weight excluding hydrogens is 324 g/mol. The minimum absolute atomic E-state index is 0.343. The summed E-state index contributed by atoms with van der Waals surface area (Å²) in [5.41, 5.74) is -3.01. The Morgan fingerprint density at radius 1 is 0.680 bits per heavy atom. The van der Waals surface area contributed by atoms with Gasteiger partial charge < -0.3 is 20.4 Å². The van der Waals surface area contributed by atoms with Crippen molar-refractivity contribution in [2.75, 3.05) is 0 Å². The van der Waals surface area contributed by atoms with Gasteiger partial charge in [0.25, 0.3) is 0 Å². The minimum Gasteiger partial charge on any atom is -0.479 e. The second-order valence-electron chi connectivity index (χ2n) is 6.93. The van der Waals surface area contributed by atoms with Crippen molar-refractivity contribution in [2.24, 2.45) is 0 Å². The zero-order chi connectivity index (χ0) is 19.9. The summed E-state index contributed by atoms with van der Waals surface area (Å²) in [5.74, 6) is -2.20. The van der Waals surface area contributed by atoms with Crippen LogP contribution in [0, 0.1) is 0 Å². The highest BCUT2D eigenvalue weighted by molar-refractivity contribution is 5.77. The number of carbonyl (C=O) groups is 2. The molecule has 2 unspecified atom stereocenters. The van der Waals surface area contributed by atoms with Crippen LogP contribution in [0.2, 0.25) is 0 Å². The SMILES string of the molecule is CCCCCC(C)(O)C(=O)O.CCCCCC(O)(CCCC)C(=O)O. The molecule has 0 aliphatic heterocycles. The van der Waals surface area contributed by atoms with Gasteiger partial charge in [-0.3, -0.25) is 0 Å². The van der Waals surface area contributed by atoms with Crippen molar-refractivity contribution in [3.8, 4) is 0 Å². The lowest BCUT2D eigenvalue weighted by molar-refractivity contribution is -0.160. The lowest BCUT2D eigenvalue weighted by atomic mass is 9.91. The van der Waals surface area contributed by atoms with E-state index in [1.54, 1.807) is 0 Å². The molecule has 0 aromatic carbocycles. The summed E-state index contributed by atoms with van der Waals surface area (Å²) in [7, 11) is 0. The van der Waals surface area contributed by atoms with Crippen LogP contribution in [0.3, 0.4) is 0 Å². The fourth-order valence-corrected chi connectivity index (χ4v) is 2.30. The zero-order valence-electron chi connectivity index (χ0n) is 16.4. The van der Waals surface area contributed by atoms with Crippen molar-refractivity contribution < 1.29 is 30.0 Å². The normalized spacial score (nSPS) is 15.4. The molecule has 0 fully saturated rings. The van der Waals surface area contributed by atoms with Crippen LogP contribution in [0.25, 0.3) is 0 Å². The van der Waals surface area contributed by atoms with E-state index in [-0.39, 0.29) is 0 Å². The molecule has 2 atom stereocenters. The van der Waals surface area contributed by atoms with Crippen LogP contribution in [0.4, 0.5) is 0 Å². The second kappa shape index (κ2) is 14.1. The van der Waals surface area contributed by atoms with E-state index in [4.69, 9.17) is 10.2 Å². The van der Waals surface area contributed by atoms with Crippen LogP contribution in [0.5, 0.6) is 0 Å². The van der Waals surface area contributed by atoms with E-state index >= 15 is 0 Å². The molecule has 0 rings (SSSR count). The summed E-state index contributed by atoms with van der Waals surface area (Å²) >= 11 is 0. The summed E-state index contributed by atoms with van der Waals surface area (Å²) in [4.78, 5) is 21.2. The van der Waals surface area contributed by atoms with Crippen LogP contribution in [0.15, 0.2) is 0 Å². The second-order valence-corrected chi connectivity index (χ2v) is 6.93. The van der Waals surface area contributed by atoms with Gasteiger partial charge in [0.2, 0.25) is 0 Å². The first-order chi connectivity index (χ1) is 11.6. The number of aliphatic carboxylic acids is 2. The molecule has 150 valence electrons. The van der Waals surface area contributed by atoms with Crippen molar-refractivity contribution in [1.29, 1.82) is 0 Å². The first-order valence-corrected chi connectivity index (χ1v) is 9.48. The Morgan fingerprint density at radius 2 is 1.08 bits per heavy atom. The van der Waals surface area contributed by atoms with Crippen LogP contribution in [0.1, 0.15) is 98.3 Å². The van der Waals surface area contributed by atoms with Gasteiger partial charge >= 0.3 is 11.9 Å². The maximum Gasteiger partial charge on any atom is 0.335 e. The van der Waals surface area contributed by atoms with Crippen molar-refractivity contribution in [1.82, 2.24) is 0 Å². The number of hydrogen-bond acceptors (Lipinski definition) is 4. The third-order valence-electron chi connectivity index (χ3n) is 4.26. The molecule has 0 saturated heterocycles. The molecule has 0 heterocycles. The van der Waals surface area contributed by atoms with Crippen LogP contribution < -0.4 is 0 Å². The van der Waals surface area contributed by atoms with Gasteiger partial charge in [-0.1, -0.05) is 59.3 Å². The van der Waals surface area contributed by atoms with Gasteiger partial charge in [0.15, 0.2) is 11.2 Å². The molecular formula is C19H38O6. The van der Waals surface area contributed by atoms with Crippen LogP contribution in [-0.2, 0) is 9.59 Å². The maximum atomic E-state index is 10.9. The monoisotopic (exact) mass is 362 g/mol. The van der Waals surface area contributed by atoms with Crippen molar-refractivity contribution >= 4 is 11.9 Å². The van der Waals surface area contributed by atoms with Gasteiger partial charge in [-0.15, -0.1) is 0 Å². The Hall–Kier alpha value is -1.14. The number of carboxylic acid groups (broad SMARTS) is 2. The highest BCUT2D eigenvalue weighted by Gasteiger charge is 2.34. The Morgan fingerprint density at radius 3 is 1.44 bits per heavy atom. The Labute approximate surface area is 152 Å². The third-order valence-corrected chi connectivity index (χ3v) is 4.26. The van der Waals surface area contributed by atoms with Gasteiger partial charge in [-0.05, 0) is 39.0 Å².